The Morgan fingerprint density at radius 2 is 1.81 bits per heavy atom. The lowest BCUT2D eigenvalue weighted by Gasteiger charge is -2.20. The Labute approximate surface area is 126 Å². The molecule has 5 nitrogen and oxygen atoms in total. The number of benzene rings is 1. The van der Waals surface area contributed by atoms with Gasteiger partial charge >= 0.3 is 0 Å². The van der Waals surface area contributed by atoms with E-state index in [4.69, 9.17) is 20.0 Å². The second kappa shape index (κ2) is 10.7. The van der Waals surface area contributed by atoms with Crippen LogP contribution in [0.3, 0.4) is 0 Å². The molecule has 0 spiro atoms. The third-order valence-electron chi connectivity index (χ3n) is 3.02. The molecular formula is C16H21N3O2. The standard InChI is InChI=1S/C16H21N3O2/c1-20-13-11-19(9-2-8-17)10-3-12-21-16-6-4-15(14-18)5-7-16/h4-7H,2-3,9-13H2,1H3. The van der Waals surface area contributed by atoms with Gasteiger partial charge in [-0.25, -0.2) is 0 Å². The summed E-state index contributed by atoms with van der Waals surface area (Å²) >= 11 is 0. The van der Waals surface area contributed by atoms with Crippen molar-refractivity contribution in [3.63, 3.8) is 0 Å². The van der Waals surface area contributed by atoms with Gasteiger partial charge in [-0.1, -0.05) is 0 Å². The van der Waals surface area contributed by atoms with Crippen molar-refractivity contribution >= 4 is 0 Å². The van der Waals surface area contributed by atoms with Crippen LogP contribution in [0.25, 0.3) is 0 Å². The molecule has 1 rings (SSSR count). The van der Waals surface area contributed by atoms with Crippen molar-refractivity contribution in [2.75, 3.05) is 40.0 Å². The minimum atomic E-state index is 0.528. The van der Waals surface area contributed by atoms with Crippen molar-refractivity contribution in [3.05, 3.63) is 29.8 Å². The van der Waals surface area contributed by atoms with Gasteiger partial charge in [0, 0.05) is 33.2 Å². The summed E-state index contributed by atoms with van der Waals surface area (Å²) in [6.07, 6.45) is 1.41. The molecule has 0 atom stereocenters. The smallest absolute Gasteiger partial charge is 0.119 e. The number of hydrogen-bond donors (Lipinski definition) is 0. The van der Waals surface area contributed by atoms with Crippen LogP contribution in [0.2, 0.25) is 0 Å². The SMILES string of the molecule is COCCN(CCC#N)CCCOc1ccc(C#N)cc1. The third kappa shape index (κ3) is 7.31. The zero-order chi connectivity index (χ0) is 15.3. The topological polar surface area (TPSA) is 69.3 Å². The summed E-state index contributed by atoms with van der Waals surface area (Å²) in [6.45, 7) is 3.75. The maximum absolute atomic E-state index is 8.72. The molecule has 0 heterocycles. The van der Waals surface area contributed by atoms with Gasteiger partial charge in [-0.2, -0.15) is 10.5 Å². The number of rotatable bonds is 10. The van der Waals surface area contributed by atoms with E-state index < -0.39 is 0 Å². The molecule has 0 amide bonds. The minimum Gasteiger partial charge on any atom is -0.494 e. The van der Waals surface area contributed by atoms with Crippen molar-refractivity contribution in [2.24, 2.45) is 0 Å². The lowest BCUT2D eigenvalue weighted by atomic mass is 10.2. The quantitative estimate of drug-likeness (QED) is 0.617. The average Bonchev–Trinajstić information content (AvgIpc) is 2.53. The number of ether oxygens (including phenoxy) is 2. The molecule has 0 fully saturated rings. The maximum atomic E-state index is 8.72. The van der Waals surface area contributed by atoms with Gasteiger partial charge in [0.2, 0.25) is 0 Å². The first-order chi connectivity index (χ1) is 10.3. The van der Waals surface area contributed by atoms with Crippen LogP contribution in [0.1, 0.15) is 18.4 Å². The molecule has 1 aromatic rings. The summed E-state index contributed by atoms with van der Waals surface area (Å²) in [5.74, 6) is 0.773. The molecule has 0 aliphatic carbocycles. The van der Waals surface area contributed by atoms with Crippen LogP contribution >= 0.6 is 0 Å². The van der Waals surface area contributed by atoms with Gasteiger partial charge in [0.15, 0.2) is 0 Å². The van der Waals surface area contributed by atoms with Crippen LogP contribution in [-0.4, -0.2) is 44.9 Å². The summed E-state index contributed by atoms with van der Waals surface area (Å²) in [6, 6.07) is 11.3. The highest BCUT2D eigenvalue weighted by molar-refractivity contribution is 5.34. The number of nitrogens with zero attached hydrogens (tertiary/aromatic N) is 3. The van der Waals surface area contributed by atoms with Crippen LogP contribution in [0, 0.1) is 22.7 Å². The lowest BCUT2D eigenvalue weighted by Crippen LogP contribution is -2.30. The highest BCUT2D eigenvalue weighted by Crippen LogP contribution is 2.11. The largest absolute Gasteiger partial charge is 0.494 e. The van der Waals surface area contributed by atoms with Crippen molar-refractivity contribution in [1.29, 1.82) is 10.5 Å². The van der Waals surface area contributed by atoms with Gasteiger partial charge in [0.05, 0.1) is 30.9 Å². The number of hydrogen-bond acceptors (Lipinski definition) is 5. The highest BCUT2D eigenvalue weighted by Gasteiger charge is 2.04. The summed E-state index contributed by atoms with van der Waals surface area (Å²) in [5.41, 5.74) is 0.629. The van der Waals surface area contributed by atoms with Crippen molar-refractivity contribution in [1.82, 2.24) is 4.90 Å². The van der Waals surface area contributed by atoms with Crippen LogP contribution in [0.5, 0.6) is 5.75 Å². The lowest BCUT2D eigenvalue weighted by molar-refractivity contribution is 0.144. The first kappa shape index (κ1) is 17.0. The Kier molecular flexibility index (Phi) is 8.63. The molecule has 0 radical (unpaired) electrons. The molecule has 112 valence electrons. The van der Waals surface area contributed by atoms with Crippen molar-refractivity contribution in [3.8, 4) is 17.9 Å². The van der Waals surface area contributed by atoms with Gasteiger partial charge in [-0.05, 0) is 30.7 Å². The van der Waals surface area contributed by atoms with Crippen molar-refractivity contribution in [2.45, 2.75) is 12.8 Å². The van der Waals surface area contributed by atoms with E-state index in [-0.39, 0.29) is 0 Å². The second-order valence-corrected chi connectivity index (χ2v) is 4.58. The minimum absolute atomic E-state index is 0.528. The molecule has 0 N–H and O–H groups in total. The second-order valence-electron chi connectivity index (χ2n) is 4.58. The van der Waals surface area contributed by atoms with E-state index in [0.717, 1.165) is 31.8 Å². The zero-order valence-electron chi connectivity index (χ0n) is 12.4. The van der Waals surface area contributed by atoms with Gasteiger partial charge in [0.25, 0.3) is 0 Å². The molecule has 0 bridgehead atoms. The Morgan fingerprint density at radius 1 is 1.05 bits per heavy atom. The molecule has 21 heavy (non-hydrogen) atoms. The fraction of sp³-hybridized carbons (Fsp3) is 0.500. The van der Waals surface area contributed by atoms with E-state index in [2.05, 4.69) is 17.0 Å². The van der Waals surface area contributed by atoms with Crippen molar-refractivity contribution < 1.29 is 9.47 Å². The molecule has 0 unspecified atom stereocenters. The zero-order valence-corrected chi connectivity index (χ0v) is 12.4. The van der Waals surface area contributed by atoms with Gasteiger partial charge in [0.1, 0.15) is 5.75 Å². The van der Waals surface area contributed by atoms with Crippen LogP contribution in [-0.2, 0) is 4.74 Å². The predicted octanol–water partition coefficient (Wildman–Crippen LogP) is 2.19. The van der Waals surface area contributed by atoms with Gasteiger partial charge < -0.3 is 9.47 Å². The third-order valence-corrected chi connectivity index (χ3v) is 3.02. The Bertz CT molecular complexity index is 474. The predicted molar refractivity (Wildman–Crippen MR) is 79.8 cm³/mol. The fourth-order valence-corrected chi connectivity index (χ4v) is 1.87. The van der Waals surface area contributed by atoms with E-state index in [1.807, 2.05) is 0 Å². The molecule has 1 aromatic carbocycles. The molecule has 0 saturated heterocycles. The van der Waals surface area contributed by atoms with Gasteiger partial charge in [-0.3, -0.25) is 4.90 Å². The Balaban J connectivity index is 2.26. The maximum Gasteiger partial charge on any atom is 0.119 e. The summed E-state index contributed by atoms with van der Waals surface area (Å²) in [5, 5.41) is 17.4. The molecule has 0 saturated carbocycles. The number of nitriles is 2. The molecule has 0 aromatic heterocycles. The first-order valence-electron chi connectivity index (χ1n) is 7.01. The van der Waals surface area contributed by atoms with Crippen LogP contribution < -0.4 is 4.74 Å². The van der Waals surface area contributed by atoms with Gasteiger partial charge in [-0.15, -0.1) is 0 Å². The highest BCUT2D eigenvalue weighted by atomic mass is 16.5. The normalized spacial score (nSPS) is 10.1. The van der Waals surface area contributed by atoms with Crippen LogP contribution in [0.4, 0.5) is 0 Å². The van der Waals surface area contributed by atoms with E-state index in [1.54, 1.807) is 31.4 Å². The summed E-state index contributed by atoms with van der Waals surface area (Å²) in [4.78, 5) is 2.20. The first-order valence-corrected chi connectivity index (χ1v) is 7.01. The molecular weight excluding hydrogens is 266 g/mol. The molecule has 0 aliphatic heterocycles. The summed E-state index contributed by atoms with van der Waals surface area (Å²) in [7, 11) is 1.68. The van der Waals surface area contributed by atoms with E-state index in [1.165, 1.54) is 0 Å². The molecule has 5 heteroatoms. The Morgan fingerprint density at radius 3 is 2.43 bits per heavy atom. The van der Waals surface area contributed by atoms with E-state index in [9.17, 15) is 0 Å². The molecule has 0 aliphatic rings. The number of methoxy groups -OCH3 is 1. The summed E-state index contributed by atoms with van der Waals surface area (Å²) < 4.78 is 10.7. The fourth-order valence-electron chi connectivity index (χ4n) is 1.87. The van der Waals surface area contributed by atoms with Crippen LogP contribution in [0.15, 0.2) is 24.3 Å². The van der Waals surface area contributed by atoms with E-state index in [0.29, 0.717) is 25.2 Å². The average molecular weight is 287 g/mol. The van der Waals surface area contributed by atoms with E-state index >= 15 is 0 Å². The Hall–Kier alpha value is -2.08. The monoisotopic (exact) mass is 287 g/mol.